The van der Waals surface area contributed by atoms with Crippen LogP contribution in [0.15, 0.2) is 41.9 Å². The molecule has 88 valence electrons. The van der Waals surface area contributed by atoms with Crippen LogP contribution in [0, 0.1) is 0 Å². The number of rotatable bonds is 4. The maximum absolute atomic E-state index is 11.8. The van der Waals surface area contributed by atoms with Gasteiger partial charge < -0.3 is 11.1 Å². The molecule has 2 rings (SSSR count). The summed E-state index contributed by atoms with van der Waals surface area (Å²) in [6, 6.07) is 8.67. The highest BCUT2D eigenvalue weighted by molar-refractivity contribution is 7.09. The van der Waals surface area contributed by atoms with E-state index in [4.69, 9.17) is 5.73 Å². The third-order valence-corrected chi connectivity index (χ3v) is 3.12. The number of aromatic nitrogens is 1. The molecule has 0 saturated heterocycles. The standard InChI is InChI=1S/C12H13N3OS/c13-11(9-4-2-1-3-5-9)12(16)15-8-10-14-6-7-17-10/h1-7,11H,8,13H2,(H,15,16). The first-order valence-electron chi connectivity index (χ1n) is 5.24. The largest absolute Gasteiger partial charge is 0.348 e. The second kappa shape index (κ2) is 5.56. The van der Waals surface area contributed by atoms with E-state index in [1.807, 2.05) is 35.7 Å². The van der Waals surface area contributed by atoms with Crippen LogP contribution in [-0.4, -0.2) is 10.9 Å². The molecular formula is C12H13N3OS. The number of thiazole rings is 1. The van der Waals surface area contributed by atoms with Gasteiger partial charge >= 0.3 is 0 Å². The molecule has 0 fully saturated rings. The molecule has 1 amide bonds. The normalized spacial score (nSPS) is 12.1. The molecule has 0 aliphatic rings. The molecule has 0 aliphatic carbocycles. The highest BCUT2D eigenvalue weighted by Crippen LogP contribution is 2.10. The van der Waals surface area contributed by atoms with Gasteiger partial charge in [-0.15, -0.1) is 11.3 Å². The number of hydrogen-bond donors (Lipinski definition) is 2. The third-order valence-electron chi connectivity index (χ3n) is 2.34. The molecule has 1 unspecified atom stereocenters. The first kappa shape index (κ1) is 11.8. The summed E-state index contributed by atoms with van der Waals surface area (Å²) >= 11 is 1.51. The highest BCUT2D eigenvalue weighted by atomic mass is 32.1. The van der Waals surface area contributed by atoms with E-state index in [-0.39, 0.29) is 5.91 Å². The van der Waals surface area contributed by atoms with Crippen molar-refractivity contribution in [1.82, 2.24) is 10.3 Å². The lowest BCUT2D eigenvalue weighted by atomic mass is 10.1. The predicted molar refractivity (Wildman–Crippen MR) is 67.3 cm³/mol. The Kier molecular flexibility index (Phi) is 3.85. The van der Waals surface area contributed by atoms with Crippen molar-refractivity contribution in [2.75, 3.05) is 0 Å². The van der Waals surface area contributed by atoms with Crippen LogP contribution in [0.4, 0.5) is 0 Å². The van der Waals surface area contributed by atoms with E-state index in [2.05, 4.69) is 10.3 Å². The van der Waals surface area contributed by atoms with Crippen LogP contribution in [0.3, 0.4) is 0 Å². The molecule has 17 heavy (non-hydrogen) atoms. The molecule has 2 aromatic rings. The first-order valence-corrected chi connectivity index (χ1v) is 6.12. The van der Waals surface area contributed by atoms with Crippen LogP contribution in [0.2, 0.25) is 0 Å². The maximum Gasteiger partial charge on any atom is 0.241 e. The number of carbonyl (C=O) groups excluding carboxylic acids is 1. The van der Waals surface area contributed by atoms with Gasteiger partial charge in [0.1, 0.15) is 11.0 Å². The van der Waals surface area contributed by atoms with Crippen LogP contribution < -0.4 is 11.1 Å². The van der Waals surface area contributed by atoms with Gasteiger partial charge in [0.25, 0.3) is 0 Å². The van der Waals surface area contributed by atoms with Crippen LogP contribution in [0.1, 0.15) is 16.6 Å². The Labute approximate surface area is 103 Å². The van der Waals surface area contributed by atoms with E-state index in [0.29, 0.717) is 6.54 Å². The summed E-state index contributed by atoms with van der Waals surface area (Å²) in [7, 11) is 0. The Bertz CT molecular complexity index is 470. The third kappa shape index (κ3) is 3.12. The van der Waals surface area contributed by atoms with Crippen molar-refractivity contribution in [1.29, 1.82) is 0 Å². The molecule has 1 heterocycles. The van der Waals surface area contributed by atoms with Gasteiger partial charge in [-0.25, -0.2) is 4.98 Å². The molecule has 4 nitrogen and oxygen atoms in total. The van der Waals surface area contributed by atoms with Crippen molar-refractivity contribution in [3.63, 3.8) is 0 Å². The van der Waals surface area contributed by atoms with E-state index >= 15 is 0 Å². The van der Waals surface area contributed by atoms with Gasteiger partial charge in [-0.05, 0) is 5.56 Å². The smallest absolute Gasteiger partial charge is 0.241 e. The fourth-order valence-electron chi connectivity index (χ4n) is 1.42. The minimum absolute atomic E-state index is 0.189. The van der Waals surface area contributed by atoms with Gasteiger partial charge in [-0.3, -0.25) is 4.79 Å². The molecule has 0 aliphatic heterocycles. The average Bonchev–Trinajstić information content (AvgIpc) is 2.89. The van der Waals surface area contributed by atoms with E-state index in [1.165, 1.54) is 11.3 Å². The summed E-state index contributed by atoms with van der Waals surface area (Å²) in [5, 5.41) is 5.51. The molecule has 0 bridgehead atoms. The number of nitrogens with two attached hydrogens (primary N) is 1. The summed E-state index contributed by atoms with van der Waals surface area (Å²) in [4.78, 5) is 15.9. The predicted octanol–water partition coefficient (Wildman–Crippen LogP) is 1.46. The molecule has 1 aromatic carbocycles. The zero-order valence-corrected chi connectivity index (χ0v) is 9.98. The van der Waals surface area contributed by atoms with Gasteiger partial charge in [0.05, 0.1) is 6.54 Å². The Morgan fingerprint density at radius 1 is 1.41 bits per heavy atom. The van der Waals surface area contributed by atoms with Crippen LogP contribution in [-0.2, 0) is 11.3 Å². The number of hydrogen-bond acceptors (Lipinski definition) is 4. The Balaban J connectivity index is 1.92. The Hall–Kier alpha value is -1.72. The number of amides is 1. The first-order chi connectivity index (χ1) is 8.27. The number of carbonyl (C=O) groups is 1. The highest BCUT2D eigenvalue weighted by Gasteiger charge is 2.14. The lowest BCUT2D eigenvalue weighted by Gasteiger charge is -2.11. The van der Waals surface area contributed by atoms with Gasteiger partial charge in [-0.1, -0.05) is 30.3 Å². The van der Waals surface area contributed by atoms with Crippen molar-refractivity contribution >= 4 is 17.2 Å². The molecule has 0 radical (unpaired) electrons. The molecule has 0 spiro atoms. The number of nitrogens with zero attached hydrogens (tertiary/aromatic N) is 1. The molecule has 0 saturated carbocycles. The van der Waals surface area contributed by atoms with E-state index < -0.39 is 6.04 Å². The summed E-state index contributed by atoms with van der Waals surface area (Å²) in [5.41, 5.74) is 6.66. The van der Waals surface area contributed by atoms with Crippen LogP contribution in [0.25, 0.3) is 0 Å². The molecule has 5 heteroatoms. The summed E-state index contributed by atoms with van der Waals surface area (Å²) in [6.45, 7) is 0.428. The van der Waals surface area contributed by atoms with Crippen LogP contribution >= 0.6 is 11.3 Å². The van der Waals surface area contributed by atoms with Gasteiger partial charge in [0, 0.05) is 11.6 Å². The second-order valence-electron chi connectivity index (χ2n) is 3.53. The number of benzene rings is 1. The molecule has 1 atom stereocenters. The van der Waals surface area contributed by atoms with Gasteiger partial charge in [-0.2, -0.15) is 0 Å². The van der Waals surface area contributed by atoms with Gasteiger partial charge in [0.2, 0.25) is 5.91 Å². The zero-order chi connectivity index (χ0) is 12.1. The van der Waals surface area contributed by atoms with E-state index in [9.17, 15) is 4.79 Å². The van der Waals surface area contributed by atoms with Crippen molar-refractivity contribution in [3.05, 3.63) is 52.5 Å². The van der Waals surface area contributed by atoms with Crippen molar-refractivity contribution in [2.24, 2.45) is 5.73 Å². The van der Waals surface area contributed by atoms with E-state index in [0.717, 1.165) is 10.6 Å². The molecular weight excluding hydrogens is 234 g/mol. The Morgan fingerprint density at radius 2 is 2.18 bits per heavy atom. The fraction of sp³-hybridized carbons (Fsp3) is 0.167. The maximum atomic E-state index is 11.8. The lowest BCUT2D eigenvalue weighted by Crippen LogP contribution is -2.33. The lowest BCUT2D eigenvalue weighted by molar-refractivity contribution is -0.122. The topological polar surface area (TPSA) is 68.0 Å². The van der Waals surface area contributed by atoms with Gasteiger partial charge in [0.15, 0.2) is 0 Å². The summed E-state index contributed by atoms with van der Waals surface area (Å²) in [5.74, 6) is -0.189. The quantitative estimate of drug-likeness (QED) is 0.859. The average molecular weight is 247 g/mol. The summed E-state index contributed by atoms with van der Waals surface area (Å²) in [6.07, 6.45) is 1.71. The van der Waals surface area contributed by atoms with E-state index in [1.54, 1.807) is 6.20 Å². The SMILES string of the molecule is NC(C(=O)NCc1nccs1)c1ccccc1. The molecule has 3 N–H and O–H groups in total. The summed E-state index contributed by atoms with van der Waals surface area (Å²) < 4.78 is 0. The van der Waals surface area contributed by atoms with Crippen molar-refractivity contribution in [2.45, 2.75) is 12.6 Å². The monoisotopic (exact) mass is 247 g/mol. The minimum atomic E-state index is -0.629. The van der Waals surface area contributed by atoms with Crippen molar-refractivity contribution < 1.29 is 4.79 Å². The van der Waals surface area contributed by atoms with Crippen LogP contribution in [0.5, 0.6) is 0 Å². The second-order valence-corrected chi connectivity index (χ2v) is 4.51. The molecule has 1 aromatic heterocycles. The fourth-order valence-corrected chi connectivity index (χ4v) is 1.98. The minimum Gasteiger partial charge on any atom is -0.348 e. The number of nitrogens with one attached hydrogen (secondary N) is 1. The van der Waals surface area contributed by atoms with Crippen molar-refractivity contribution in [3.8, 4) is 0 Å². The Morgan fingerprint density at radius 3 is 2.82 bits per heavy atom. The zero-order valence-electron chi connectivity index (χ0n) is 9.17.